The lowest BCUT2D eigenvalue weighted by molar-refractivity contribution is -0.138. The number of benzene rings is 2. The molecule has 0 radical (unpaired) electrons. The standard InChI is InChI=1S/C19H15ClN2O4S/c1-25-17(23)10-15(19(24)26-2)21-11-7-8-12(13(20)9-11)18-22-14-5-3-4-6-16(14)27-18/h3-10,21H,1-2H3/b15-10+. The molecule has 0 aliphatic rings. The predicted molar refractivity (Wildman–Crippen MR) is 106 cm³/mol. The number of hydrogen-bond donors (Lipinski definition) is 1. The number of hydrogen-bond acceptors (Lipinski definition) is 7. The summed E-state index contributed by atoms with van der Waals surface area (Å²) in [5, 5.41) is 4.08. The zero-order valence-electron chi connectivity index (χ0n) is 14.5. The van der Waals surface area contributed by atoms with Crippen molar-refractivity contribution in [3.8, 4) is 10.6 Å². The molecule has 0 saturated heterocycles. The van der Waals surface area contributed by atoms with Gasteiger partial charge in [-0.1, -0.05) is 23.7 Å². The highest BCUT2D eigenvalue weighted by molar-refractivity contribution is 7.21. The van der Waals surface area contributed by atoms with Crippen molar-refractivity contribution in [2.24, 2.45) is 0 Å². The van der Waals surface area contributed by atoms with Crippen LogP contribution in [-0.4, -0.2) is 31.1 Å². The highest BCUT2D eigenvalue weighted by atomic mass is 35.5. The lowest BCUT2D eigenvalue weighted by Crippen LogP contribution is -2.15. The van der Waals surface area contributed by atoms with E-state index in [1.165, 1.54) is 14.2 Å². The summed E-state index contributed by atoms with van der Waals surface area (Å²) < 4.78 is 10.3. The molecule has 0 bridgehead atoms. The van der Waals surface area contributed by atoms with E-state index in [1.807, 2.05) is 24.3 Å². The van der Waals surface area contributed by atoms with Crippen LogP contribution in [-0.2, 0) is 19.1 Å². The van der Waals surface area contributed by atoms with Crippen LogP contribution in [0.2, 0.25) is 5.02 Å². The first-order chi connectivity index (χ1) is 13.0. The van der Waals surface area contributed by atoms with E-state index in [2.05, 4.69) is 19.8 Å². The Morgan fingerprint density at radius 1 is 1.15 bits per heavy atom. The summed E-state index contributed by atoms with van der Waals surface area (Å²) in [5.74, 6) is -1.38. The molecule has 0 aliphatic heterocycles. The third kappa shape index (κ3) is 4.27. The predicted octanol–water partition coefficient (Wildman–Crippen LogP) is 4.26. The van der Waals surface area contributed by atoms with E-state index in [1.54, 1.807) is 29.5 Å². The van der Waals surface area contributed by atoms with Gasteiger partial charge in [0.15, 0.2) is 0 Å². The van der Waals surface area contributed by atoms with Gasteiger partial charge in [0.05, 0.1) is 35.5 Å². The third-order valence-electron chi connectivity index (χ3n) is 3.64. The van der Waals surface area contributed by atoms with Crippen LogP contribution < -0.4 is 5.32 Å². The van der Waals surface area contributed by atoms with E-state index in [0.717, 1.165) is 26.9 Å². The van der Waals surface area contributed by atoms with E-state index in [0.29, 0.717) is 10.7 Å². The van der Waals surface area contributed by atoms with Crippen molar-refractivity contribution in [1.82, 2.24) is 4.98 Å². The molecule has 0 fully saturated rings. The molecule has 0 saturated carbocycles. The van der Waals surface area contributed by atoms with E-state index in [9.17, 15) is 9.59 Å². The van der Waals surface area contributed by atoms with Crippen LogP contribution in [0.4, 0.5) is 5.69 Å². The maximum Gasteiger partial charge on any atom is 0.354 e. The van der Waals surface area contributed by atoms with Crippen molar-refractivity contribution in [3.63, 3.8) is 0 Å². The molecule has 3 aromatic rings. The molecule has 0 spiro atoms. The highest BCUT2D eigenvalue weighted by Crippen LogP contribution is 2.35. The van der Waals surface area contributed by atoms with Crippen LogP contribution in [0.1, 0.15) is 0 Å². The Hall–Kier alpha value is -2.90. The minimum atomic E-state index is -0.702. The lowest BCUT2D eigenvalue weighted by atomic mass is 10.2. The van der Waals surface area contributed by atoms with E-state index >= 15 is 0 Å². The van der Waals surface area contributed by atoms with Crippen LogP contribution in [0.15, 0.2) is 54.2 Å². The number of nitrogens with one attached hydrogen (secondary N) is 1. The Bertz CT molecular complexity index is 1010. The molecule has 2 aromatic carbocycles. The zero-order valence-corrected chi connectivity index (χ0v) is 16.1. The third-order valence-corrected chi connectivity index (χ3v) is 5.02. The number of rotatable bonds is 5. The van der Waals surface area contributed by atoms with Gasteiger partial charge in [0, 0.05) is 11.3 Å². The van der Waals surface area contributed by atoms with E-state index in [4.69, 9.17) is 11.6 Å². The molecule has 3 rings (SSSR count). The van der Waals surface area contributed by atoms with Gasteiger partial charge in [-0.25, -0.2) is 14.6 Å². The van der Waals surface area contributed by atoms with Crippen LogP contribution in [0.3, 0.4) is 0 Å². The average Bonchev–Trinajstić information content (AvgIpc) is 3.10. The number of esters is 2. The molecule has 27 heavy (non-hydrogen) atoms. The smallest absolute Gasteiger partial charge is 0.354 e. The highest BCUT2D eigenvalue weighted by Gasteiger charge is 2.15. The lowest BCUT2D eigenvalue weighted by Gasteiger charge is -2.10. The minimum Gasteiger partial charge on any atom is -0.466 e. The number of halogens is 1. The number of carbonyl (C=O) groups is 2. The normalized spacial score (nSPS) is 11.3. The largest absolute Gasteiger partial charge is 0.466 e. The maximum atomic E-state index is 11.8. The second-order valence-electron chi connectivity index (χ2n) is 5.38. The van der Waals surface area contributed by atoms with Crippen LogP contribution in [0.25, 0.3) is 20.8 Å². The Kier molecular flexibility index (Phi) is 5.73. The van der Waals surface area contributed by atoms with E-state index < -0.39 is 11.9 Å². The first-order valence-corrected chi connectivity index (χ1v) is 9.01. The molecule has 8 heteroatoms. The topological polar surface area (TPSA) is 77.5 Å². The molecule has 0 amide bonds. The Morgan fingerprint density at radius 2 is 1.93 bits per heavy atom. The molecular weight excluding hydrogens is 388 g/mol. The maximum absolute atomic E-state index is 11.8. The number of fused-ring (bicyclic) bond motifs is 1. The van der Waals surface area contributed by atoms with Crippen molar-refractivity contribution in [3.05, 3.63) is 59.3 Å². The second kappa shape index (κ2) is 8.20. The number of para-hydroxylation sites is 1. The summed E-state index contributed by atoms with van der Waals surface area (Å²) in [7, 11) is 2.44. The number of methoxy groups -OCH3 is 2. The van der Waals surface area contributed by atoms with Gasteiger partial charge < -0.3 is 14.8 Å². The Labute approximate surface area is 164 Å². The SMILES string of the molecule is COC(=O)/C=C(/Nc1ccc(-c2nc3ccccc3s2)c(Cl)c1)C(=O)OC. The zero-order chi connectivity index (χ0) is 19.4. The number of aromatic nitrogens is 1. The average molecular weight is 403 g/mol. The van der Waals surface area contributed by atoms with Gasteiger partial charge >= 0.3 is 11.9 Å². The van der Waals surface area contributed by atoms with Crippen LogP contribution in [0.5, 0.6) is 0 Å². The van der Waals surface area contributed by atoms with Gasteiger partial charge in [0.1, 0.15) is 10.7 Å². The summed E-state index contributed by atoms with van der Waals surface area (Å²) in [6.45, 7) is 0. The van der Waals surface area contributed by atoms with Crippen molar-refractivity contribution < 1.29 is 19.1 Å². The van der Waals surface area contributed by atoms with Crippen LogP contribution in [0, 0.1) is 0 Å². The molecule has 0 aliphatic carbocycles. The monoisotopic (exact) mass is 402 g/mol. The molecular formula is C19H15ClN2O4S. The number of nitrogens with zero attached hydrogens (tertiary/aromatic N) is 1. The number of carbonyl (C=O) groups excluding carboxylic acids is 2. The first kappa shape index (κ1) is 18.9. The van der Waals surface area contributed by atoms with Gasteiger partial charge in [-0.3, -0.25) is 0 Å². The fourth-order valence-electron chi connectivity index (χ4n) is 2.34. The summed E-state index contributed by atoms with van der Waals surface area (Å²) in [4.78, 5) is 27.9. The fraction of sp³-hybridized carbons (Fsp3) is 0.105. The first-order valence-electron chi connectivity index (χ1n) is 7.82. The summed E-state index contributed by atoms with van der Waals surface area (Å²) >= 11 is 7.96. The molecule has 6 nitrogen and oxygen atoms in total. The summed E-state index contributed by atoms with van der Waals surface area (Å²) in [6, 6.07) is 13.0. The molecule has 0 atom stereocenters. The number of ether oxygens (including phenoxy) is 2. The van der Waals surface area contributed by atoms with Gasteiger partial charge in [-0.2, -0.15) is 0 Å². The molecule has 138 valence electrons. The van der Waals surface area contributed by atoms with Gasteiger partial charge in [-0.15, -0.1) is 11.3 Å². The molecule has 0 unspecified atom stereocenters. The second-order valence-corrected chi connectivity index (χ2v) is 6.82. The molecule has 1 N–H and O–H groups in total. The quantitative estimate of drug-likeness (QED) is 0.507. The molecule has 1 heterocycles. The van der Waals surface area contributed by atoms with Crippen molar-refractivity contribution >= 4 is 50.8 Å². The van der Waals surface area contributed by atoms with Crippen molar-refractivity contribution in [2.45, 2.75) is 0 Å². The van der Waals surface area contributed by atoms with Gasteiger partial charge in [-0.05, 0) is 30.3 Å². The van der Waals surface area contributed by atoms with Crippen molar-refractivity contribution in [2.75, 3.05) is 19.5 Å². The number of anilines is 1. The van der Waals surface area contributed by atoms with Crippen LogP contribution >= 0.6 is 22.9 Å². The van der Waals surface area contributed by atoms with Crippen molar-refractivity contribution in [1.29, 1.82) is 0 Å². The Morgan fingerprint density at radius 3 is 2.59 bits per heavy atom. The summed E-state index contributed by atoms with van der Waals surface area (Å²) in [6.07, 6.45) is 1.02. The van der Waals surface area contributed by atoms with Gasteiger partial charge in [0.25, 0.3) is 0 Å². The number of thiazole rings is 1. The summed E-state index contributed by atoms with van der Waals surface area (Å²) in [5.41, 5.74) is 2.14. The fourth-order valence-corrected chi connectivity index (χ4v) is 3.67. The Balaban J connectivity index is 1.90. The van der Waals surface area contributed by atoms with E-state index in [-0.39, 0.29) is 5.70 Å². The minimum absolute atomic E-state index is 0.0619. The molecule has 1 aromatic heterocycles. The van der Waals surface area contributed by atoms with Gasteiger partial charge in [0.2, 0.25) is 0 Å².